The fourth-order valence-corrected chi connectivity index (χ4v) is 3.12. The predicted molar refractivity (Wildman–Crippen MR) is 86.7 cm³/mol. The van der Waals surface area contributed by atoms with E-state index in [2.05, 4.69) is 38.2 Å². The first-order chi connectivity index (χ1) is 9.93. The molecule has 0 amide bonds. The Labute approximate surface area is 128 Å². The Kier molecular flexibility index (Phi) is 5.28. The van der Waals surface area contributed by atoms with Crippen molar-refractivity contribution in [3.05, 3.63) is 29.3 Å². The second kappa shape index (κ2) is 6.80. The van der Waals surface area contributed by atoms with Crippen molar-refractivity contribution in [3.8, 4) is 5.75 Å². The van der Waals surface area contributed by atoms with Gasteiger partial charge in [-0.25, -0.2) is 0 Å². The van der Waals surface area contributed by atoms with Crippen LogP contribution in [-0.4, -0.2) is 24.4 Å². The zero-order valence-electron chi connectivity index (χ0n) is 13.8. The summed E-state index contributed by atoms with van der Waals surface area (Å²) < 4.78 is 5.45. The Morgan fingerprint density at radius 3 is 2.67 bits per heavy atom. The van der Waals surface area contributed by atoms with Gasteiger partial charge in [0.15, 0.2) is 0 Å². The molecule has 0 spiro atoms. The van der Waals surface area contributed by atoms with Gasteiger partial charge in [-0.3, -0.25) is 0 Å². The lowest BCUT2D eigenvalue weighted by atomic mass is 9.79. The van der Waals surface area contributed by atoms with E-state index in [0.29, 0.717) is 6.54 Å². The molecule has 1 aromatic rings. The van der Waals surface area contributed by atoms with E-state index in [1.165, 1.54) is 5.56 Å². The number of nitrogens with one attached hydrogen (secondary N) is 1. The molecule has 3 nitrogen and oxygen atoms in total. The Bertz CT molecular complexity index is 464. The van der Waals surface area contributed by atoms with Gasteiger partial charge in [0.05, 0.1) is 12.7 Å². The molecule has 1 fully saturated rings. The van der Waals surface area contributed by atoms with E-state index in [9.17, 15) is 5.11 Å². The molecule has 1 atom stereocenters. The minimum atomic E-state index is -0.544. The Morgan fingerprint density at radius 2 is 2.05 bits per heavy atom. The molecule has 118 valence electrons. The summed E-state index contributed by atoms with van der Waals surface area (Å²) in [5.74, 6) is 1.66. The zero-order chi connectivity index (χ0) is 15.5. The topological polar surface area (TPSA) is 41.5 Å². The lowest BCUT2D eigenvalue weighted by Crippen LogP contribution is -2.44. The molecule has 1 aromatic carbocycles. The summed E-state index contributed by atoms with van der Waals surface area (Å²) in [5.41, 5.74) is 1.84. The molecule has 0 aliphatic heterocycles. The smallest absolute Gasteiger partial charge is 0.123 e. The molecular formula is C18H29NO2. The van der Waals surface area contributed by atoms with Gasteiger partial charge in [-0.1, -0.05) is 24.6 Å². The molecule has 2 N–H and O–H groups in total. The molecule has 3 heteroatoms. The van der Waals surface area contributed by atoms with E-state index in [-0.39, 0.29) is 6.04 Å². The largest absolute Gasteiger partial charge is 0.496 e. The quantitative estimate of drug-likeness (QED) is 0.871. The van der Waals surface area contributed by atoms with Crippen LogP contribution < -0.4 is 10.1 Å². The normalized spacial score (nSPS) is 27.4. The Hall–Kier alpha value is -1.06. The average molecular weight is 291 g/mol. The third-order valence-corrected chi connectivity index (χ3v) is 4.79. The summed E-state index contributed by atoms with van der Waals surface area (Å²) >= 11 is 0. The summed E-state index contributed by atoms with van der Waals surface area (Å²) in [4.78, 5) is 0. The van der Waals surface area contributed by atoms with Gasteiger partial charge in [0.25, 0.3) is 0 Å². The number of hydrogen-bond donors (Lipinski definition) is 2. The highest BCUT2D eigenvalue weighted by molar-refractivity contribution is 5.38. The van der Waals surface area contributed by atoms with Crippen molar-refractivity contribution in [2.24, 2.45) is 5.92 Å². The van der Waals surface area contributed by atoms with Gasteiger partial charge < -0.3 is 15.2 Å². The first-order valence-electron chi connectivity index (χ1n) is 8.04. The van der Waals surface area contributed by atoms with Crippen molar-refractivity contribution in [1.82, 2.24) is 5.32 Å². The summed E-state index contributed by atoms with van der Waals surface area (Å²) in [5, 5.41) is 14.2. The standard InChI is InChI=1S/C18H29NO2/c1-13-7-9-18(20,10-8-13)12-19-15(3)16-11-14(2)5-6-17(16)21-4/h5-6,11,13,15,19-20H,7-10,12H2,1-4H3. The molecule has 1 aliphatic carbocycles. The monoisotopic (exact) mass is 291 g/mol. The van der Waals surface area contributed by atoms with E-state index < -0.39 is 5.60 Å². The van der Waals surface area contributed by atoms with E-state index in [4.69, 9.17) is 4.74 Å². The maximum absolute atomic E-state index is 10.7. The molecule has 0 bridgehead atoms. The molecular weight excluding hydrogens is 262 g/mol. The van der Waals surface area contributed by atoms with Crippen LogP contribution in [0.4, 0.5) is 0 Å². The van der Waals surface area contributed by atoms with E-state index in [0.717, 1.165) is 42.9 Å². The molecule has 1 saturated carbocycles. The fourth-order valence-electron chi connectivity index (χ4n) is 3.12. The molecule has 0 radical (unpaired) electrons. The van der Waals surface area contributed by atoms with Gasteiger partial charge in [-0.2, -0.15) is 0 Å². The number of methoxy groups -OCH3 is 1. The van der Waals surface area contributed by atoms with Crippen LogP contribution in [0.2, 0.25) is 0 Å². The van der Waals surface area contributed by atoms with E-state index in [1.54, 1.807) is 7.11 Å². The van der Waals surface area contributed by atoms with Crippen LogP contribution in [0.25, 0.3) is 0 Å². The van der Waals surface area contributed by atoms with Crippen molar-refractivity contribution < 1.29 is 9.84 Å². The van der Waals surface area contributed by atoms with Gasteiger partial charge in [-0.05, 0) is 51.5 Å². The van der Waals surface area contributed by atoms with Crippen molar-refractivity contribution in [2.75, 3.05) is 13.7 Å². The molecule has 21 heavy (non-hydrogen) atoms. The first-order valence-corrected chi connectivity index (χ1v) is 8.04. The molecule has 1 unspecified atom stereocenters. The number of benzene rings is 1. The number of aryl methyl sites for hydroxylation is 1. The van der Waals surface area contributed by atoms with Gasteiger partial charge in [-0.15, -0.1) is 0 Å². The second-order valence-electron chi connectivity index (χ2n) is 6.75. The minimum Gasteiger partial charge on any atom is -0.496 e. The third kappa shape index (κ3) is 4.21. The highest BCUT2D eigenvalue weighted by Crippen LogP contribution is 2.32. The van der Waals surface area contributed by atoms with Crippen LogP contribution in [0.1, 0.15) is 56.7 Å². The lowest BCUT2D eigenvalue weighted by Gasteiger charge is -2.36. The van der Waals surface area contributed by atoms with Crippen LogP contribution in [0.5, 0.6) is 5.75 Å². The fraction of sp³-hybridized carbons (Fsp3) is 0.667. The van der Waals surface area contributed by atoms with Gasteiger partial charge >= 0.3 is 0 Å². The van der Waals surface area contributed by atoms with Gasteiger partial charge in [0, 0.05) is 18.2 Å². The zero-order valence-corrected chi connectivity index (χ0v) is 13.8. The maximum Gasteiger partial charge on any atom is 0.123 e. The van der Waals surface area contributed by atoms with Gasteiger partial charge in [0.2, 0.25) is 0 Å². The van der Waals surface area contributed by atoms with E-state index in [1.807, 2.05) is 6.07 Å². The van der Waals surface area contributed by atoms with Crippen LogP contribution >= 0.6 is 0 Å². The van der Waals surface area contributed by atoms with Crippen molar-refractivity contribution in [3.63, 3.8) is 0 Å². The summed E-state index contributed by atoms with van der Waals surface area (Å²) in [6, 6.07) is 6.40. The van der Waals surface area contributed by atoms with Crippen LogP contribution in [-0.2, 0) is 0 Å². The SMILES string of the molecule is COc1ccc(C)cc1C(C)NCC1(O)CCC(C)CC1. The highest BCUT2D eigenvalue weighted by Gasteiger charge is 2.32. The number of rotatable bonds is 5. The summed E-state index contributed by atoms with van der Waals surface area (Å²) in [6.07, 6.45) is 4.05. The number of aliphatic hydroxyl groups is 1. The predicted octanol–water partition coefficient (Wildman–Crippen LogP) is 3.60. The van der Waals surface area contributed by atoms with Crippen molar-refractivity contribution >= 4 is 0 Å². The number of hydrogen-bond acceptors (Lipinski definition) is 3. The molecule has 0 aromatic heterocycles. The third-order valence-electron chi connectivity index (χ3n) is 4.79. The molecule has 1 aliphatic rings. The van der Waals surface area contributed by atoms with Crippen LogP contribution in [0.3, 0.4) is 0 Å². The Balaban J connectivity index is 1.98. The van der Waals surface area contributed by atoms with Crippen molar-refractivity contribution in [1.29, 1.82) is 0 Å². The van der Waals surface area contributed by atoms with Crippen molar-refractivity contribution in [2.45, 2.75) is 58.1 Å². The Morgan fingerprint density at radius 1 is 1.38 bits per heavy atom. The van der Waals surface area contributed by atoms with Gasteiger partial charge in [0.1, 0.15) is 5.75 Å². The van der Waals surface area contributed by atoms with E-state index >= 15 is 0 Å². The van der Waals surface area contributed by atoms with Crippen LogP contribution in [0.15, 0.2) is 18.2 Å². The molecule has 0 heterocycles. The molecule has 2 rings (SSSR count). The summed E-state index contributed by atoms with van der Waals surface area (Å²) in [6.45, 7) is 7.14. The maximum atomic E-state index is 10.7. The number of ether oxygens (including phenoxy) is 1. The average Bonchev–Trinajstić information content (AvgIpc) is 2.48. The first kappa shape index (κ1) is 16.3. The highest BCUT2D eigenvalue weighted by atomic mass is 16.5. The molecule has 0 saturated heterocycles. The summed E-state index contributed by atoms with van der Waals surface area (Å²) in [7, 11) is 1.71. The second-order valence-corrected chi connectivity index (χ2v) is 6.75. The van der Waals surface area contributed by atoms with Crippen LogP contribution in [0, 0.1) is 12.8 Å². The lowest BCUT2D eigenvalue weighted by molar-refractivity contribution is -0.00788. The minimum absolute atomic E-state index is 0.170.